The molecular formula is C15H16N2O2S. The molecule has 1 heterocycles. The van der Waals surface area contributed by atoms with Crippen LogP contribution in [0.3, 0.4) is 0 Å². The third-order valence-corrected chi connectivity index (χ3v) is 4.89. The highest BCUT2D eigenvalue weighted by Crippen LogP contribution is 2.31. The van der Waals surface area contributed by atoms with Crippen molar-refractivity contribution in [2.75, 3.05) is 5.32 Å². The van der Waals surface area contributed by atoms with Crippen LogP contribution in [0.25, 0.3) is 0 Å². The first-order valence-corrected chi connectivity index (χ1v) is 7.54. The fourth-order valence-electron chi connectivity index (χ4n) is 2.64. The Bertz CT molecular complexity index is 642. The minimum Gasteiger partial charge on any atom is -0.380 e. The number of fused-ring (bicyclic) bond motifs is 1. The number of benzene rings is 1. The first-order chi connectivity index (χ1) is 9.63. The molecule has 0 unspecified atom stereocenters. The van der Waals surface area contributed by atoms with Gasteiger partial charge >= 0.3 is 0 Å². The third kappa shape index (κ3) is 2.54. The van der Waals surface area contributed by atoms with Crippen molar-refractivity contribution in [3.63, 3.8) is 0 Å². The highest BCUT2D eigenvalue weighted by Gasteiger charge is 2.15. The lowest BCUT2D eigenvalue weighted by atomic mass is 10.2. The predicted molar refractivity (Wildman–Crippen MR) is 81.5 cm³/mol. The number of nitro benzene ring substituents is 1. The van der Waals surface area contributed by atoms with E-state index >= 15 is 0 Å². The first kappa shape index (κ1) is 13.1. The molecule has 4 nitrogen and oxygen atoms in total. The number of hydrogen-bond donors (Lipinski definition) is 1. The Kier molecular flexibility index (Phi) is 3.44. The van der Waals surface area contributed by atoms with Crippen LogP contribution < -0.4 is 5.32 Å². The molecule has 0 fully saturated rings. The molecule has 0 saturated carbocycles. The Hall–Kier alpha value is -1.88. The van der Waals surface area contributed by atoms with Gasteiger partial charge in [0.05, 0.1) is 4.92 Å². The molecule has 1 aromatic carbocycles. The second-order valence-electron chi connectivity index (χ2n) is 5.13. The van der Waals surface area contributed by atoms with E-state index < -0.39 is 0 Å². The average molecular weight is 288 g/mol. The number of hydrogen-bond acceptors (Lipinski definition) is 4. The molecule has 1 aliphatic rings. The minimum atomic E-state index is -0.344. The van der Waals surface area contributed by atoms with Crippen LogP contribution in [0, 0.1) is 17.0 Å². The molecule has 0 atom stereocenters. The van der Waals surface area contributed by atoms with Gasteiger partial charge in [0.1, 0.15) is 0 Å². The zero-order valence-electron chi connectivity index (χ0n) is 11.3. The van der Waals surface area contributed by atoms with Crippen LogP contribution in [0.2, 0.25) is 0 Å². The third-order valence-electron chi connectivity index (χ3n) is 3.66. The molecule has 3 rings (SSSR count). The van der Waals surface area contributed by atoms with E-state index in [0.717, 1.165) is 12.2 Å². The number of rotatable bonds is 4. The fourth-order valence-corrected chi connectivity index (χ4v) is 3.84. The van der Waals surface area contributed by atoms with Gasteiger partial charge in [0.15, 0.2) is 0 Å². The quantitative estimate of drug-likeness (QED) is 0.681. The fraction of sp³-hybridized carbons (Fsp3) is 0.333. The maximum absolute atomic E-state index is 10.8. The second kappa shape index (κ2) is 5.25. The van der Waals surface area contributed by atoms with Gasteiger partial charge in [-0.15, -0.1) is 11.3 Å². The van der Waals surface area contributed by atoms with E-state index in [1.165, 1.54) is 34.6 Å². The van der Waals surface area contributed by atoms with Crippen LogP contribution >= 0.6 is 11.3 Å². The summed E-state index contributed by atoms with van der Waals surface area (Å²) in [7, 11) is 0. The molecule has 104 valence electrons. The van der Waals surface area contributed by atoms with E-state index in [1.807, 2.05) is 17.4 Å². The van der Waals surface area contributed by atoms with Crippen LogP contribution in [-0.4, -0.2) is 4.92 Å². The summed E-state index contributed by atoms with van der Waals surface area (Å²) in [6.07, 6.45) is 3.72. The summed E-state index contributed by atoms with van der Waals surface area (Å²) in [6, 6.07) is 7.45. The molecule has 2 aromatic rings. The summed E-state index contributed by atoms with van der Waals surface area (Å²) in [6.45, 7) is 2.55. The number of anilines is 1. The lowest BCUT2D eigenvalue weighted by Gasteiger charge is -2.06. The van der Waals surface area contributed by atoms with Crippen LogP contribution in [0.5, 0.6) is 0 Å². The average Bonchev–Trinajstić information content (AvgIpc) is 2.96. The van der Waals surface area contributed by atoms with Gasteiger partial charge in [-0.05, 0) is 49.9 Å². The summed E-state index contributed by atoms with van der Waals surface area (Å²) in [4.78, 5) is 13.3. The van der Waals surface area contributed by atoms with E-state index in [2.05, 4.69) is 11.4 Å². The molecule has 1 aromatic heterocycles. The minimum absolute atomic E-state index is 0.172. The Labute approximate surface area is 121 Å². The number of nitro groups is 1. The normalized spacial score (nSPS) is 13.2. The van der Waals surface area contributed by atoms with Crippen molar-refractivity contribution in [3.05, 3.63) is 55.3 Å². The Balaban J connectivity index is 1.68. The number of aryl methyl sites for hydroxylation is 3. The van der Waals surface area contributed by atoms with Crippen molar-refractivity contribution in [2.45, 2.75) is 32.7 Å². The molecule has 1 N–H and O–H groups in total. The Morgan fingerprint density at radius 2 is 2.20 bits per heavy atom. The Morgan fingerprint density at radius 1 is 1.35 bits per heavy atom. The van der Waals surface area contributed by atoms with E-state index in [1.54, 1.807) is 19.1 Å². The molecule has 0 bridgehead atoms. The summed E-state index contributed by atoms with van der Waals surface area (Å²) in [5.74, 6) is 0. The van der Waals surface area contributed by atoms with E-state index in [0.29, 0.717) is 5.56 Å². The molecule has 0 aliphatic heterocycles. The van der Waals surface area contributed by atoms with E-state index in [-0.39, 0.29) is 10.6 Å². The zero-order valence-corrected chi connectivity index (χ0v) is 12.1. The van der Waals surface area contributed by atoms with Gasteiger partial charge < -0.3 is 5.32 Å². The number of nitrogens with zero attached hydrogens (tertiary/aromatic N) is 1. The smallest absolute Gasteiger partial charge is 0.272 e. The Morgan fingerprint density at radius 3 is 2.90 bits per heavy atom. The highest BCUT2D eigenvalue weighted by atomic mass is 32.1. The lowest BCUT2D eigenvalue weighted by Crippen LogP contribution is -1.99. The van der Waals surface area contributed by atoms with Crippen molar-refractivity contribution >= 4 is 22.7 Å². The first-order valence-electron chi connectivity index (χ1n) is 6.73. The standard InChI is InChI=1S/C15H16N2O2S/c1-10-7-12(5-6-14(10)17(18)19)16-9-13-8-11-3-2-4-15(11)20-13/h5-8,16H,2-4,9H2,1H3. The number of thiophene rings is 1. The van der Waals surface area contributed by atoms with Crippen LogP contribution in [-0.2, 0) is 19.4 Å². The van der Waals surface area contributed by atoms with Crippen LogP contribution in [0.1, 0.15) is 27.3 Å². The molecular weight excluding hydrogens is 272 g/mol. The SMILES string of the molecule is Cc1cc(NCc2cc3c(s2)CCC3)ccc1[N+](=O)[O-]. The van der Waals surface area contributed by atoms with Crippen molar-refractivity contribution in [2.24, 2.45) is 0 Å². The zero-order chi connectivity index (χ0) is 14.1. The monoisotopic (exact) mass is 288 g/mol. The molecule has 0 saturated heterocycles. The van der Waals surface area contributed by atoms with Gasteiger partial charge in [-0.2, -0.15) is 0 Å². The molecule has 0 amide bonds. The predicted octanol–water partition coefficient (Wildman–Crippen LogP) is 4.07. The van der Waals surface area contributed by atoms with Crippen molar-refractivity contribution in [1.82, 2.24) is 0 Å². The van der Waals surface area contributed by atoms with Gasteiger partial charge in [-0.3, -0.25) is 10.1 Å². The highest BCUT2D eigenvalue weighted by molar-refractivity contribution is 7.12. The van der Waals surface area contributed by atoms with E-state index in [9.17, 15) is 10.1 Å². The van der Waals surface area contributed by atoms with Crippen molar-refractivity contribution < 1.29 is 4.92 Å². The molecule has 5 heteroatoms. The lowest BCUT2D eigenvalue weighted by molar-refractivity contribution is -0.385. The van der Waals surface area contributed by atoms with Gasteiger partial charge in [-0.1, -0.05) is 0 Å². The van der Waals surface area contributed by atoms with Crippen LogP contribution in [0.4, 0.5) is 11.4 Å². The van der Waals surface area contributed by atoms with Gasteiger partial charge in [0.2, 0.25) is 0 Å². The van der Waals surface area contributed by atoms with Crippen molar-refractivity contribution in [3.8, 4) is 0 Å². The largest absolute Gasteiger partial charge is 0.380 e. The van der Waals surface area contributed by atoms with Gasteiger partial charge in [0.25, 0.3) is 5.69 Å². The summed E-state index contributed by atoms with van der Waals surface area (Å²) >= 11 is 1.88. The summed E-state index contributed by atoms with van der Waals surface area (Å²) in [5.41, 5.74) is 3.30. The van der Waals surface area contributed by atoms with Gasteiger partial charge in [0, 0.05) is 33.6 Å². The summed E-state index contributed by atoms with van der Waals surface area (Å²) in [5, 5.41) is 14.1. The molecule has 20 heavy (non-hydrogen) atoms. The topological polar surface area (TPSA) is 55.2 Å². The molecule has 1 aliphatic carbocycles. The maximum atomic E-state index is 10.8. The van der Waals surface area contributed by atoms with Crippen molar-refractivity contribution in [1.29, 1.82) is 0 Å². The number of nitrogens with one attached hydrogen (secondary N) is 1. The maximum Gasteiger partial charge on any atom is 0.272 e. The molecule has 0 spiro atoms. The van der Waals surface area contributed by atoms with Crippen LogP contribution in [0.15, 0.2) is 24.3 Å². The van der Waals surface area contributed by atoms with E-state index in [4.69, 9.17) is 0 Å². The molecule has 0 radical (unpaired) electrons. The second-order valence-corrected chi connectivity index (χ2v) is 6.35. The summed E-state index contributed by atoms with van der Waals surface area (Å²) < 4.78 is 0. The van der Waals surface area contributed by atoms with Gasteiger partial charge in [-0.25, -0.2) is 0 Å².